The lowest BCUT2D eigenvalue weighted by Gasteiger charge is -2.57. The number of rotatable bonds is 0. The largest absolute Gasteiger partial charge is 0.455 e. The van der Waals surface area contributed by atoms with Gasteiger partial charge < -0.3 is 14.9 Å². The summed E-state index contributed by atoms with van der Waals surface area (Å²) >= 11 is 0. The van der Waals surface area contributed by atoms with E-state index >= 15 is 0 Å². The van der Waals surface area contributed by atoms with Crippen molar-refractivity contribution >= 4 is 5.97 Å². The van der Waals surface area contributed by atoms with Crippen molar-refractivity contribution in [3.8, 4) is 0 Å². The molecule has 0 spiro atoms. The van der Waals surface area contributed by atoms with Gasteiger partial charge in [0, 0.05) is 11.0 Å². The van der Waals surface area contributed by atoms with Gasteiger partial charge in [-0.25, -0.2) is 4.79 Å². The number of fused-ring (bicyclic) bond motifs is 3. The van der Waals surface area contributed by atoms with Crippen molar-refractivity contribution in [1.29, 1.82) is 0 Å². The van der Waals surface area contributed by atoms with Crippen LogP contribution in [0.3, 0.4) is 0 Å². The first-order chi connectivity index (χ1) is 8.81. The summed E-state index contributed by atoms with van der Waals surface area (Å²) in [6.07, 6.45) is 1.48. The molecule has 0 radical (unpaired) electrons. The van der Waals surface area contributed by atoms with Crippen LogP contribution in [0.5, 0.6) is 0 Å². The van der Waals surface area contributed by atoms with Crippen LogP contribution >= 0.6 is 0 Å². The first kappa shape index (κ1) is 12.9. The third kappa shape index (κ3) is 1.39. The summed E-state index contributed by atoms with van der Waals surface area (Å²) in [5, 5.41) is 21.6. The molecule has 5 atom stereocenters. The molecule has 0 unspecified atom stereocenters. The zero-order chi connectivity index (χ0) is 14.0. The van der Waals surface area contributed by atoms with Crippen molar-refractivity contribution in [3.05, 3.63) is 24.3 Å². The van der Waals surface area contributed by atoms with Crippen molar-refractivity contribution in [1.82, 2.24) is 0 Å². The number of hydrogen-bond acceptors (Lipinski definition) is 4. The molecular weight excluding hydrogens is 244 g/mol. The minimum absolute atomic E-state index is 0.270. The topological polar surface area (TPSA) is 66.8 Å². The monoisotopic (exact) mass is 264 g/mol. The molecule has 0 aromatic carbocycles. The molecule has 4 nitrogen and oxygen atoms in total. The van der Waals surface area contributed by atoms with Gasteiger partial charge in [-0.3, -0.25) is 0 Å². The van der Waals surface area contributed by atoms with Gasteiger partial charge in [-0.2, -0.15) is 0 Å². The minimum Gasteiger partial charge on any atom is -0.455 e. The van der Waals surface area contributed by atoms with Gasteiger partial charge in [0.1, 0.15) is 11.7 Å². The Morgan fingerprint density at radius 1 is 1.42 bits per heavy atom. The van der Waals surface area contributed by atoms with Crippen LogP contribution in [-0.2, 0) is 9.53 Å². The van der Waals surface area contributed by atoms with Crippen molar-refractivity contribution in [3.63, 3.8) is 0 Å². The van der Waals surface area contributed by atoms with E-state index in [0.717, 1.165) is 19.3 Å². The van der Waals surface area contributed by atoms with Gasteiger partial charge in [0.2, 0.25) is 0 Å². The molecule has 2 N–H and O–H groups in total. The molecule has 0 aromatic heterocycles. The number of hydrogen-bond donors (Lipinski definition) is 2. The van der Waals surface area contributed by atoms with Crippen LogP contribution in [0.2, 0.25) is 0 Å². The predicted molar refractivity (Wildman–Crippen MR) is 69.2 cm³/mol. The van der Waals surface area contributed by atoms with Gasteiger partial charge in [-0.1, -0.05) is 20.1 Å². The van der Waals surface area contributed by atoms with Crippen molar-refractivity contribution < 1.29 is 19.7 Å². The SMILES string of the molecule is C=C1C(=O)O[C@H]2[C@H]1[C@@H](O)C[C@@]1(C)CCCC(=C)[C@]21O. The smallest absolute Gasteiger partial charge is 0.334 e. The van der Waals surface area contributed by atoms with Crippen LogP contribution in [0.25, 0.3) is 0 Å². The maximum Gasteiger partial charge on any atom is 0.334 e. The molecule has 104 valence electrons. The lowest BCUT2D eigenvalue weighted by Crippen LogP contribution is -2.65. The van der Waals surface area contributed by atoms with Gasteiger partial charge >= 0.3 is 5.97 Å². The molecule has 2 saturated carbocycles. The number of aliphatic hydroxyl groups is 2. The van der Waals surface area contributed by atoms with E-state index in [4.69, 9.17) is 4.74 Å². The Balaban J connectivity index is 2.12. The average Bonchev–Trinajstić information content (AvgIpc) is 2.62. The summed E-state index contributed by atoms with van der Waals surface area (Å²) in [5.74, 6) is -1.02. The molecule has 1 saturated heterocycles. The lowest BCUT2D eigenvalue weighted by molar-refractivity contribution is -0.206. The third-order valence-electron chi connectivity index (χ3n) is 5.38. The highest BCUT2D eigenvalue weighted by molar-refractivity contribution is 5.91. The second-order valence-corrected chi connectivity index (χ2v) is 6.43. The molecule has 19 heavy (non-hydrogen) atoms. The first-order valence-electron chi connectivity index (χ1n) is 6.80. The highest BCUT2D eigenvalue weighted by Crippen LogP contribution is 2.59. The Kier molecular flexibility index (Phi) is 2.51. The maximum atomic E-state index is 11.7. The normalized spacial score (nSPS) is 49.6. The number of aliphatic hydroxyl groups excluding tert-OH is 1. The van der Waals surface area contributed by atoms with E-state index in [1.807, 2.05) is 6.92 Å². The molecule has 3 rings (SSSR count). The summed E-state index contributed by atoms with van der Waals surface area (Å²) in [6.45, 7) is 9.66. The van der Waals surface area contributed by atoms with E-state index in [1.54, 1.807) is 0 Å². The molecule has 0 amide bonds. The summed E-state index contributed by atoms with van der Waals surface area (Å²) in [5.41, 5.74) is -0.755. The van der Waals surface area contributed by atoms with E-state index in [-0.39, 0.29) is 5.57 Å². The second kappa shape index (κ2) is 3.70. The van der Waals surface area contributed by atoms with Gasteiger partial charge in [0.25, 0.3) is 0 Å². The molecular formula is C15H20O4. The van der Waals surface area contributed by atoms with Crippen LogP contribution < -0.4 is 0 Å². The zero-order valence-corrected chi connectivity index (χ0v) is 11.2. The molecule has 4 heteroatoms. The molecule has 0 bridgehead atoms. The predicted octanol–water partition coefficient (Wildman–Crippen LogP) is 1.33. The molecule has 1 heterocycles. The molecule has 2 aliphatic carbocycles. The van der Waals surface area contributed by atoms with Gasteiger partial charge in [-0.15, -0.1) is 0 Å². The van der Waals surface area contributed by atoms with Crippen LogP contribution in [0, 0.1) is 11.3 Å². The molecule has 3 aliphatic rings. The van der Waals surface area contributed by atoms with Crippen molar-refractivity contribution in [2.24, 2.45) is 11.3 Å². The molecule has 3 fully saturated rings. The Morgan fingerprint density at radius 2 is 2.11 bits per heavy atom. The van der Waals surface area contributed by atoms with Gasteiger partial charge in [-0.05, 0) is 31.3 Å². The average molecular weight is 264 g/mol. The van der Waals surface area contributed by atoms with Crippen molar-refractivity contribution in [2.75, 3.05) is 0 Å². The highest BCUT2D eigenvalue weighted by atomic mass is 16.6. The summed E-state index contributed by atoms with van der Waals surface area (Å²) < 4.78 is 5.35. The highest BCUT2D eigenvalue weighted by Gasteiger charge is 2.66. The zero-order valence-electron chi connectivity index (χ0n) is 11.2. The molecule has 0 aromatic rings. The van der Waals surface area contributed by atoms with Crippen LogP contribution in [-0.4, -0.2) is 34.0 Å². The number of carbonyl (C=O) groups excluding carboxylic acids is 1. The fourth-order valence-corrected chi connectivity index (χ4v) is 4.25. The van der Waals surface area contributed by atoms with E-state index in [1.165, 1.54) is 0 Å². The third-order valence-corrected chi connectivity index (χ3v) is 5.38. The minimum atomic E-state index is -1.25. The maximum absolute atomic E-state index is 11.7. The van der Waals surface area contributed by atoms with E-state index in [0.29, 0.717) is 12.0 Å². The van der Waals surface area contributed by atoms with Gasteiger partial charge in [0.05, 0.1) is 12.0 Å². The van der Waals surface area contributed by atoms with Gasteiger partial charge in [0.15, 0.2) is 0 Å². The number of ether oxygens (including phenoxy) is 1. The van der Waals surface area contributed by atoms with Crippen molar-refractivity contribution in [2.45, 2.75) is 50.4 Å². The van der Waals surface area contributed by atoms with Crippen LogP contribution in [0.4, 0.5) is 0 Å². The Labute approximate surface area is 112 Å². The Hall–Kier alpha value is -1.13. The second-order valence-electron chi connectivity index (χ2n) is 6.43. The van der Waals surface area contributed by atoms with E-state index < -0.39 is 35.1 Å². The first-order valence-corrected chi connectivity index (χ1v) is 6.80. The number of esters is 1. The lowest BCUT2D eigenvalue weighted by atomic mass is 9.51. The Morgan fingerprint density at radius 3 is 2.79 bits per heavy atom. The summed E-state index contributed by atoms with van der Waals surface area (Å²) in [6, 6.07) is 0. The van der Waals surface area contributed by atoms with Crippen LogP contribution in [0.15, 0.2) is 24.3 Å². The van der Waals surface area contributed by atoms with Crippen LogP contribution in [0.1, 0.15) is 32.6 Å². The number of carbonyl (C=O) groups is 1. The summed E-state index contributed by atoms with van der Waals surface area (Å²) in [7, 11) is 0. The quantitative estimate of drug-likeness (QED) is 0.393. The fraction of sp³-hybridized carbons (Fsp3) is 0.667. The van der Waals surface area contributed by atoms with E-state index in [2.05, 4.69) is 13.2 Å². The van der Waals surface area contributed by atoms with E-state index in [9.17, 15) is 15.0 Å². The Bertz CT molecular complexity index is 483. The summed E-state index contributed by atoms with van der Waals surface area (Å²) in [4.78, 5) is 11.7. The molecule has 1 aliphatic heterocycles. The standard InChI is InChI=1S/C15H20O4/c1-8-5-4-6-14(3)7-10(16)11-9(2)13(17)19-12(11)15(8,14)18/h10-12,16,18H,1-2,4-7H2,3H3/t10-,11+,12-,14+,15-/m0/s1. The fourth-order valence-electron chi connectivity index (χ4n) is 4.25.